The van der Waals surface area contributed by atoms with E-state index in [1.54, 1.807) is 14.2 Å². The first-order chi connectivity index (χ1) is 13.2. The molecule has 2 rings (SSSR count). The van der Waals surface area contributed by atoms with Crippen molar-refractivity contribution in [2.75, 3.05) is 20.8 Å². The molecule has 0 saturated carbocycles. The molecule has 0 heterocycles. The van der Waals surface area contributed by atoms with Crippen molar-refractivity contribution in [3.8, 4) is 17.2 Å². The van der Waals surface area contributed by atoms with Crippen LogP contribution in [0.4, 0.5) is 0 Å². The molecular weight excluding hydrogens is 342 g/mol. The highest BCUT2D eigenvalue weighted by Gasteiger charge is 2.04. The van der Waals surface area contributed by atoms with Gasteiger partial charge >= 0.3 is 0 Å². The summed E-state index contributed by atoms with van der Waals surface area (Å²) in [5.41, 5.74) is 8.06. The third-order valence-electron chi connectivity index (χ3n) is 4.02. The van der Waals surface area contributed by atoms with E-state index in [0.29, 0.717) is 30.5 Å². The smallest absolute Gasteiger partial charge is 0.189 e. The van der Waals surface area contributed by atoms with Crippen molar-refractivity contribution in [2.24, 2.45) is 10.7 Å². The average Bonchev–Trinajstić information content (AvgIpc) is 2.71. The minimum absolute atomic E-state index is 0.391. The summed E-state index contributed by atoms with van der Waals surface area (Å²) in [6, 6.07) is 13.7. The van der Waals surface area contributed by atoms with E-state index in [9.17, 15) is 0 Å². The van der Waals surface area contributed by atoms with Gasteiger partial charge in [-0.05, 0) is 41.8 Å². The molecule has 0 aliphatic heterocycles. The molecule has 0 saturated heterocycles. The van der Waals surface area contributed by atoms with E-state index in [1.165, 1.54) is 0 Å². The van der Waals surface area contributed by atoms with Crippen LogP contribution in [0, 0.1) is 0 Å². The second-order valence-corrected chi connectivity index (χ2v) is 6.09. The summed E-state index contributed by atoms with van der Waals surface area (Å²) >= 11 is 0. The van der Waals surface area contributed by atoms with E-state index >= 15 is 0 Å². The molecular formula is C21H29N3O3. The SMILES string of the molecule is CCCCOc1cccc(CN=C(N)NCc2ccc(OC)c(OC)c2)c1. The summed E-state index contributed by atoms with van der Waals surface area (Å²) in [7, 11) is 3.23. The molecule has 0 radical (unpaired) electrons. The Hall–Kier alpha value is -2.89. The van der Waals surface area contributed by atoms with Gasteiger partial charge in [0.15, 0.2) is 17.5 Å². The van der Waals surface area contributed by atoms with Gasteiger partial charge in [-0.15, -0.1) is 0 Å². The Kier molecular flexibility index (Phi) is 8.29. The summed E-state index contributed by atoms with van der Waals surface area (Å²) in [6.07, 6.45) is 2.17. The number of hydrogen-bond acceptors (Lipinski definition) is 4. The van der Waals surface area contributed by atoms with Crippen LogP contribution in [0.5, 0.6) is 17.2 Å². The number of rotatable bonds is 10. The number of guanidine groups is 1. The number of aliphatic imine (C=N–C) groups is 1. The van der Waals surface area contributed by atoms with Crippen molar-refractivity contribution >= 4 is 5.96 Å². The molecule has 0 aromatic heterocycles. The highest BCUT2D eigenvalue weighted by molar-refractivity contribution is 5.77. The fraction of sp³-hybridized carbons (Fsp3) is 0.381. The quantitative estimate of drug-likeness (QED) is 0.380. The Morgan fingerprint density at radius 1 is 1.04 bits per heavy atom. The zero-order valence-electron chi connectivity index (χ0n) is 16.3. The Bertz CT molecular complexity index is 747. The topological polar surface area (TPSA) is 78.1 Å². The number of unbranched alkanes of at least 4 members (excludes halogenated alkanes) is 1. The minimum atomic E-state index is 0.391. The van der Waals surface area contributed by atoms with E-state index in [1.807, 2.05) is 42.5 Å². The zero-order valence-corrected chi connectivity index (χ0v) is 16.3. The van der Waals surface area contributed by atoms with Crippen LogP contribution in [0.2, 0.25) is 0 Å². The van der Waals surface area contributed by atoms with E-state index in [2.05, 4.69) is 17.2 Å². The van der Waals surface area contributed by atoms with Gasteiger partial charge in [0.2, 0.25) is 0 Å². The van der Waals surface area contributed by atoms with Crippen molar-refractivity contribution in [3.63, 3.8) is 0 Å². The number of benzene rings is 2. The predicted octanol–water partition coefficient (Wildman–Crippen LogP) is 3.49. The zero-order chi connectivity index (χ0) is 19.5. The number of nitrogens with zero attached hydrogens (tertiary/aromatic N) is 1. The molecule has 6 nitrogen and oxygen atoms in total. The first-order valence-corrected chi connectivity index (χ1v) is 9.12. The maximum absolute atomic E-state index is 5.98. The van der Waals surface area contributed by atoms with Gasteiger partial charge < -0.3 is 25.3 Å². The molecule has 146 valence electrons. The maximum Gasteiger partial charge on any atom is 0.189 e. The predicted molar refractivity (Wildman–Crippen MR) is 109 cm³/mol. The van der Waals surface area contributed by atoms with Crippen LogP contribution in [0.1, 0.15) is 30.9 Å². The largest absolute Gasteiger partial charge is 0.494 e. The van der Waals surface area contributed by atoms with Crippen molar-refractivity contribution in [1.29, 1.82) is 0 Å². The van der Waals surface area contributed by atoms with E-state index in [0.717, 1.165) is 36.3 Å². The Morgan fingerprint density at radius 3 is 2.59 bits per heavy atom. The van der Waals surface area contributed by atoms with Crippen molar-refractivity contribution in [2.45, 2.75) is 32.9 Å². The molecule has 27 heavy (non-hydrogen) atoms. The molecule has 0 aliphatic rings. The second kappa shape index (κ2) is 11.0. The summed E-state index contributed by atoms with van der Waals surface area (Å²) < 4.78 is 16.3. The number of hydrogen-bond donors (Lipinski definition) is 2. The van der Waals surface area contributed by atoms with Gasteiger partial charge in [-0.25, -0.2) is 4.99 Å². The lowest BCUT2D eigenvalue weighted by Gasteiger charge is -2.11. The fourth-order valence-electron chi connectivity index (χ4n) is 2.48. The molecule has 2 aromatic carbocycles. The lowest BCUT2D eigenvalue weighted by Crippen LogP contribution is -2.31. The third kappa shape index (κ3) is 6.73. The van der Waals surface area contributed by atoms with E-state index in [4.69, 9.17) is 19.9 Å². The van der Waals surface area contributed by atoms with Gasteiger partial charge in [0.05, 0.1) is 27.4 Å². The van der Waals surface area contributed by atoms with Crippen LogP contribution in [0.15, 0.2) is 47.5 Å². The standard InChI is InChI=1S/C21H29N3O3/c1-4-5-11-27-18-8-6-7-16(12-18)14-23-21(22)24-15-17-9-10-19(25-2)20(13-17)26-3/h6-10,12-13H,4-5,11,14-15H2,1-3H3,(H3,22,23,24). The number of nitrogens with two attached hydrogens (primary N) is 1. The number of nitrogens with one attached hydrogen (secondary N) is 1. The van der Waals surface area contributed by atoms with E-state index in [-0.39, 0.29) is 0 Å². The minimum Gasteiger partial charge on any atom is -0.494 e. The molecule has 0 spiro atoms. The van der Waals surface area contributed by atoms with Crippen LogP contribution in [-0.4, -0.2) is 26.8 Å². The van der Waals surface area contributed by atoms with Crippen LogP contribution in [0.25, 0.3) is 0 Å². The average molecular weight is 371 g/mol. The fourth-order valence-corrected chi connectivity index (χ4v) is 2.48. The molecule has 3 N–H and O–H groups in total. The van der Waals surface area contributed by atoms with Crippen LogP contribution in [-0.2, 0) is 13.1 Å². The van der Waals surface area contributed by atoms with Gasteiger partial charge in [-0.1, -0.05) is 31.5 Å². The molecule has 0 amide bonds. The summed E-state index contributed by atoms with van der Waals surface area (Å²) in [5.74, 6) is 2.64. The molecule has 0 unspecified atom stereocenters. The maximum atomic E-state index is 5.98. The summed E-state index contributed by atoms with van der Waals surface area (Å²) in [4.78, 5) is 4.40. The van der Waals surface area contributed by atoms with Gasteiger partial charge in [-0.3, -0.25) is 0 Å². The molecule has 0 fully saturated rings. The molecule has 0 bridgehead atoms. The Balaban J connectivity index is 1.88. The lowest BCUT2D eigenvalue weighted by molar-refractivity contribution is 0.309. The van der Waals surface area contributed by atoms with Crippen LogP contribution < -0.4 is 25.3 Å². The van der Waals surface area contributed by atoms with Gasteiger partial charge in [-0.2, -0.15) is 0 Å². The van der Waals surface area contributed by atoms with Crippen molar-refractivity contribution in [1.82, 2.24) is 5.32 Å². The molecule has 6 heteroatoms. The van der Waals surface area contributed by atoms with Crippen molar-refractivity contribution < 1.29 is 14.2 Å². The second-order valence-electron chi connectivity index (χ2n) is 6.09. The molecule has 2 aromatic rings. The number of methoxy groups -OCH3 is 2. The van der Waals surface area contributed by atoms with Crippen molar-refractivity contribution in [3.05, 3.63) is 53.6 Å². The van der Waals surface area contributed by atoms with E-state index < -0.39 is 0 Å². The summed E-state index contributed by atoms with van der Waals surface area (Å²) in [5, 5.41) is 3.11. The highest BCUT2D eigenvalue weighted by Crippen LogP contribution is 2.27. The Morgan fingerprint density at radius 2 is 1.85 bits per heavy atom. The third-order valence-corrected chi connectivity index (χ3v) is 4.02. The summed E-state index contributed by atoms with van der Waals surface area (Å²) in [6.45, 7) is 3.93. The van der Waals surface area contributed by atoms with Gasteiger partial charge in [0.25, 0.3) is 0 Å². The first kappa shape index (κ1) is 20.4. The van der Waals surface area contributed by atoms with Gasteiger partial charge in [0, 0.05) is 6.54 Å². The lowest BCUT2D eigenvalue weighted by atomic mass is 10.2. The van der Waals surface area contributed by atoms with Crippen LogP contribution >= 0.6 is 0 Å². The molecule has 0 atom stereocenters. The first-order valence-electron chi connectivity index (χ1n) is 9.12. The highest BCUT2D eigenvalue weighted by atomic mass is 16.5. The molecule has 0 aliphatic carbocycles. The number of ether oxygens (including phenoxy) is 3. The monoisotopic (exact) mass is 371 g/mol. The van der Waals surface area contributed by atoms with Gasteiger partial charge in [0.1, 0.15) is 5.75 Å². The van der Waals surface area contributed by atoms with Crippen LogP contribution in [0.3, 0.4) is 0 Å². The Labute approximate surface area is 161 Å². The normalized spacial score (nSPS) is 11.1.